The van der Waals surface area contributed by atoms with Gasteiger partial charge in [-0.2, -0.15) is 0 Å². The first-order valence-electron chi connectivity index (χ1n) is 5.49. The van der Waals surface area contributed by atoms with Crippen molar-refractivity contribution in [1.82, 2.24) is 4.90 Å². The highest BCUT2D eigenvalue weighted by Crippen LogP contribution is 2.23. The van der Waals surface area contributed by atoms with Gasteiger partial charge in [0.05, 0.1) is 10.6 Å². The summed E-state index contributed by atoms with van der Waals surface area (Å²) in [5.41, 5.74) is 6.38. The van der Waals surface area contributed by atoms with Gasteiger partial charge in [0, 0.05) is 19.1 Å². The van der Waals surface area contributed by atoms with E-state index in [1.807, 2.05) is 0 Å². The van der Waals surface area contributed by atoms with Crippen LogP contribution >= 0.6 is 11.6 Å². The number of nitrogens with two attached hydrogens (primary N) is 1. The Morgan fingerprint density at radius 1 is 1.59 bits per heavy atom. The molecule has 1 aromatic rings. The molecule has 1 fully saturated rings. The van der Waals surface area contributed by atoms with Gasteiger partial charge in [-0.3, -0.25) is 4.79 Å². The Balaban J connectivity index is 2.28. The van der Waals surface area contributed by atoms with Gasteiger partial charge in [0.1, 0.15) is 5.82 Å². The summed E-state index contributed by atoms with van der Waals surface area (Å²) in [7, 11) is 0. The molecule has 0 spiro atoms. The molecule has 1 saturated heterocycles. The molecule has 1 aliphatic heterocycles. The van der Waals surface area contributed by atoms with Gasteiger partial charge in [0.15, 0.2) is 0 Å². The number of hydrogen-bond donors (Lipinski definition) is 1. The number of halogens is 2. The number of likely N-dealkylation sites (tertiary alicyclic amines) is 1. The van der Waals surface area contributed by atoms with Crippen LogP contribution in [0.5, 0.6) is 0 Å². The average Bonchev–Trinajstić information content (AvgIpc) is 2.69. The van der Waals surface area contributed by atoms with Crippen molar-refractivity contribution >= 4 is 17.5 Å². The molecule has 0 aromatic heterocycles. The van der Waals surface area contributed by atoms with Crippen molar-refractivity contribution in [3.05, 3.63) is 34.1 Å². The molecule has 1 aliphatic rings. The number of carbonyl (C=O) groups excluding carboxylic acids is 1. The van der Waals surface area contributed by atoms with E-state index >= 15 is 0 Å². The third kappa shape index (κ3) is 2.42. The largest absolute Gasteiger partial charge is 0.337 e. The van der Waals surface area contributed by atoms with Crippen molar-refractivity contribution in [3.8, 4) is 0 Å². The number of rotatable bonds is 1. The van der Waals surface area contributed by atoms with Gasteiger partial charge in [-0.05, 0) is 31.0 Å². The summed E-state index contributed by atoms with van der Waals surface area (Å²) in [6.07, 6.45) is 0.775. The molecule has 1 amide bonds. The lowest BCUT2D eigenvalue weighted by atomic mass is 10.1. The molecule has 17 heavy (non-hydrogen) atoms. The molecule has 2 N–H and O–H groups in total. The molecular formula is C12H14ClFN2O. The number of aryl methyl sites for hydroxylation is 1. The van der Waals surface area contributed by atoms with Crippen LogP contribution in [0.25, 0.3) is 0 Å². The van der Waals surface area contributed by atoms with Gasteiger partial charge in [-0.1, -0.05) is 11.6 Å². The summed E-state index contributed by atoms with van der Waals surface area (Å²) in [6.45, 7) is 2.72. The zero-order valence-electron chi connectivity index (χ0n) is 9.54. The van der Waals surface area contributed by atoms with Crippen molar-refractivity contribution in [3.63, 3.8) is 0 Å². The number of nitrogens with zero attached hydrogens (tertiary/aromatic N) is 1. The van der Waals surface area contributed by atoms with Crippen LogP contribution < -0.4 is 5.73 Å². The van der Waals surface area contributed by atoms with Crippen molar-refractivity contribution in [1.29, 1.82) is 0 Å². The zero-order chi connectivity index (χ0) is 12.6. The number of hydrogen-bond acceptors (Lipinski definition) is 2. The highest BCUT2D eigenvalue weighted by Gasteiger charge is 2.26. The Kier molecular flexibility index (Phi) is 3.35. The molecule has 2 rings (SSSR count). The Labute approximate surface area is 104 Å². The predicted octanol–water partition coefficient (Wildman–Crippen LogP) is 1.96. The minimum Gasteiger partial charge on any atom is -0.337 e. The van der Waals surface area contributed by atoms with E-state index in [9.17, 15) is 9.18 Å². The molecule has 0 bridgehead atoms. The van der Waals surface area contributed by atoms with Crippen LogP contribution in [0.4, 0.5) is 4.39 Å². The van der Waals surface area contributed by atoms with Crippen molar-refractivity contribution in [2.24, 2.45) is 5.73 Å². The van der Waals surface area contributed by atoms with Crippen molar-refractivity contribution < 1.29 is 9.18 Å². The van der Waals surface area contributed by atoms with Crippen LogP contribution in [0, 0.1) is 12.7 Å². The first-order valence-corrected chi connectivity index (χ1v) is 5.87. The maximum atomic E-state index is 13.4. The number of amides is 1. The topological polar surface area (TPSA) is 46.3 Å². The highest BCUT2D eigenvalue weighted by molar-refractivity contribution is 6.33. The van der Waals surface area contributed by atoms with Crippen molar-refractivity contribution in [2.75, 3.05) is 13.1 Å². The average molecular weight is 257 g/mol. The van der Waals surface area contributed by atoms with Gasteiger partial charge in [-0.15, -0.1) is 0 Å². The summed E-state index contributed by atoms with van der Waals surface area (Å²) >= 11 is 5.97. The second kappa shape index (κ2) is 4.63. The maximum absolute atomic E-state index is 13.4. The van der Waals surface area contributed by atoms with Gasteiger partial charge in [0.2, 0.25) is 0 Å². The molecule has 0 saturated carbocycles. The monoisotopic (exact) mass is 256 g/mol. The molecule has 1 aromatic carbocycles. The van der Waals surface area contributed by atoms with Gasteiger partial charge >= 0.3 is 0 Å². The Morgan fingerprint density at radius 3 is 2.88 bits per heavy atom. The molecular weight excluding hydrogens is 243 g/mol. The number of carbonyl (C=O) groups is 1. The highest BCUT2D eigenvalue weighted by atomic mass is 35.5. The van der Waals surface area contributed by atoms with Crippen LogP contribution in [0.15, 0.2) is 12.1 Å². The van der Waals surface area contributed by atoms with E-state index in [-0.39, 0.29) is 22.5 Å². The van der Waals surface area contributed by atoms with E-state index in [0.717, 1.165) is 6.42 Å². The van der Waals surface area contributed by atoms with E-state index in [0.29, 0.717) is 18.7 Å². The third-order valence-corrected chi connectivity index (χ3v) is 3.30. The fourth-order valence-electron chi connectivity index (χ4n) is 1.95. The molecule has 1 heterocycles. The SMILES string of the molecule is Cc1cc(Cl)c(C(=O)N2CCC(N)C2)cc1F. The molecule has 3 nitrogen and oxygen atoms in total. The van der Waals surface area contributed by atoms with Crippen LogP contribution in [0.3, 0.4) is 0 Å². The summed E-state index contributed by atoms with van der Waals surface area (Å²) in [5, 5.41) is 0.286. The van der Waals surface area contributed by atoms with E-state index in [1.165, 1.54) is 12.1 Å². The Morgan fingerprint density at radius 2 is 2.29 bits per heavy atom. The standard InChI is InChI=1S/C12H14ClFN2O/c1-7-4-10(13)9(5-11(7)14)12(17)16-3-2-8(15)6-16/h4-5,8H,2-3,6,15H2,1H3. The Hall–Kier alpha value is -1.13. The summed E-state index contributed by atoms with van der Waals surface area (Å²) in [5.74, 6) is -0.664. The first-order chi connectivity index (χ1) is 7.99. The molecule has 92 valence electrons. The van der Waals surface area contributed by atoms with E-state index in [2.05, 4.69) is 0 Å². The summed E-state index contributed by atoms with van der Waals surface area (Å²) < 4.78 is 13.4. The summed E-state index contributed by atoms with van der Waals surface area (Å²) in [4.78, 5) is 13.7. The van der Waals surface area contributed by atoms with Crippen molar-refractivity contribution in [2.45, 2.75) is 19.4 Å². The lowest BCUT2D eigenvalue weighted by molar-refractivity contribution is 0.0790. The maximum Gasteiger partial charge on any atom is 0.255 e. The minimum atomic E-state index is -0.416. The third-order valence-electron chi connectivity index (χ3n) is 2.99. The fraction of sp³-hybridized carbons (Fsp3) is 0.417. The number of benzene rings is 1. The van der Waals surface area contributed by atoms with Crippen LogP contribution in [-0.4, -0.2) is 29.9 Å². The van der Waals surface area contributed by atoms with E-state index in [1.54, 1.807) is 11.8 Å². The van der Waals surface area contributed by atoms with Crippen LogP contribution in [0.2, 0.25) is 5.02 Å². The van der Waals surface area contributed by atoms with Gasteiger partial charge in [0.25, 0.3) is 5.91 Å². The van der Waals surface area contributed by atoms with Crippen LogP contribution in [0.1, 0.15) is 22.3 Å². The molecule has 5 heteroatoms. The lowest BCUT2D eigenvalue weighted by Gasteiger charge is -2.17. The fourth-order valence-corrected chi connectivity index (χ4v) is 2.25. The molecule has 1 unspecified atom stereocenters. The Bertz CT molecular complexity index is 464. The second-order valence-electron chi connectivity index (χ2n) is 4.38. The summed E-state index contributed by atoms with van der Waals surface area (Å²) in [6, 6.07) is 2.68. The van der Waals surface area contributed by atoms with Gasteiger partial charge in [-0.25, -0.2) is 4.39 Å². The second-order valence-corrected chi connectivity index (χ2v) is 4.79. The lowest BCUT2D eigenvalue weighted by Crippen LogP contribution is -2.32. The molecule has 0 aliphatic carbocycles. The zero-order valence-corrected chi connectivity index (χ0v) is 10.3. The van der Waals surface area contributed by atoms with Crippen LogP contribution in [-0.2, 0) is 0 Å². The quantitative estimate of drug-likeness (QED) is 0.835. The predicted molar refractivity (Wildman–Crippen MR) is 64.6 cm³/mol. The minimum absolute atomic E-state index is 0.00743. The van der Waals surface area contributed by atoms with Gasteiger partial charge < -0.3 is 10.6 Å². The smallest absolute Gasteiger partial charge is 0.255 e. The van der Waals surface area contributed by atoms with E-state index < -0.39 is 5.82 Å². The molecule has 0 radical (unpaired) electrons. The molecule has 1 atom stereocenters. The van der Waals surface area contributed by atoms with E-state index in [4.69, 9.17) is 17.3 Å². The first kappa shape index (κ1) is 12.3. The normalized spacial score (nSPS) is 19.8.